The lowest BCUT2D eigenvalue weighted by molar-refractivity contribution is 0.249. The number of piperazine rings is 1. The highest BCUT2D eigenvalue weighted by Crippen LogP contribution is 2.19. The van der Waals surface area contributed by atoms with Crippen LogP contribution in [0, 0.1) is 0 Å². The third kappa shape index (κ3) is 3.70. The standard InChI is InChI=1S/C21H25N9O/c1-3-15-9-17-18(25-20(15)31)8-14(11-23-17)13-28-4-6-29(7-5-28)16-10-19-26-27-21(22-2)30(19)24-12-16/h8-12H,3-7,13H2,1-2H3,(H,22,27)(H,25,31). The van der Waals surface area contributed by atoms with E-state index in [0.29, 0.717) is 12.4 Å². The Hall–Kier alpha value is -3.53. The minimum atomic E-state index is -0.0253. The highest BCUT2D eigenvalue weighted by molar-refractivity contribution is 5.74. The van der Waals surface area contributed by atoms with E-state index in [4.69, 9.17) is 0 Å². The molecule has 2 N–H and O–H groups in total. The van der Waals surface area contributed by atoms with Crippen LogP contribution in [0.3, 0.4) is 0 Å². The van der Waals surface area contributed by atoms with Crippen molar-refractivity contribution in [3.63, 3.8) is 0 Å². The zero-order valence-corrected chi connectivity index (χ0v) is 17.7. The summed E-state index contributed by atoms with van der Waals surface area (Å²) in [6.45, 7) is 6.46. The predicted molar refractivity (Wildman–Crippen MR) is 120 cm³/mol. The average molecular weight is 419 g/mol. The first-order chi connectivity index (χ1) is 15.1. The van der Waals surface area contributed by atoms with Crippen molar-refractivity contribution in [2.45, 2.75) is 19.9 Å². The first-order valence-corrected chi connectivity index (χ1v) is 10.5. The molecule has 160 valence electrons. The molecule has 0 bridgehead atoms. The van der Waals surface area contributed by atoms with Crippen molar-refractivity contribution in [3.8, 4) is 0 Å². The monoisotopic (exact) mass is 419 g/mol. The molecule has 0 aliphatic carbocycles. The zero-order chi connectivity index (χ0) is 21.4. The number of aryl methyl sites for hydroxylation is 1. The number of rotatable bonds is 5. The van der Waals surface area contributed by atoms with Crippen molar-refractivity contribution in [2.24, 2.45) is 0 Å². The van der Waals surface area contributed by atoms with Gasteiger partial charge in [0.15, 0.2) is 5.65 Å². The van der Waals surface area contributed by atoms with Crippen molar-refractivity contribution in [2.75, 3.05) is 43.4 Å². The minimum absolute atomic E-state index is 0.0253. The van der Waals surface area contributed by atoms with E-state index in [9.17, 15) is 4.79 Å². The fraction of sp³-hybridized carbons (Fsp3) is 0.381. The Morgan fingerprint density at radius 1 is 1.10 bits per heavy atom. The fourth-order valence-electron chi connectivity index (χ4n) is 4.05. The van der Waals surface area contributed by atoms with Crippen LogP contribution in [0.5, 0.6) is 0 Å². The summed E-state index contributed by atoms with van der Waals surface area (Å²) >= 11 is 0. The molecule has 1 aliphatic heterocycles. The van der Waals surface area contributed by atoms with Gasteiger partial charge in [0.1, 0.15) is 0 Å². The van der Waals surface area contributed by atoms with Gasteiger partial charge in [-0.05, 0) is 24.1 Å². The molecule has 5 rings (SSSR count). The van der Waals surface area contributed by atoms with Crippen molar-refractivity contribution < 1.29 is 0 Å². The summed E-state index contributed by atoms with van der Waals surface area (Å²) in [6.07, 6.45) is 4.48. The number of H-pyrrole nitrogens is 1. The van der Waals surface area contributed by atoms with Crippen LogP contribution in [-0.4, -0.2) is 67.9 Å². The zero-order valence-electron chi connectivity index (χ0n) is 17.7. The summed E-state index contributed by atoms with van der Waals surface area (Å²) in [5.41, 5.74) is 5.26. The van der Waals surface area contributed by atoms with Crippen molar-refractivity contribution in [1.82, 2.24) is 34.7 Å². The maximum atomic E-state index is 12.1. The predicted octanol–water partition coefficient (Wildman–Crippen LogP) is 1.29. The molecule has 0 saturated carbocycles. The van der Waals surface area contributed by atoms with Gasteiger partial charge < -0.3 is 15.2 Å². The van der Waals surface area contributed by atoms with E-state index in [1.165, 1.54) is 0 Å². The molecular formula is C21H25N9O. The van der Waals surface area contributed by atoms with Crippen LogP contribution in [0.2, 0.25) is 0 Å². The quantitative estimate of drug-likeness (QED) is 0.498. The number of aromatic nitrogens is 6. The van der Waals surface area contributed by atoms with Crippen LogP contribution >= 0.6 is 0 Å². The van der Waals surface area contributed by atoms with Gasteiger partial charge in [0.25, 0.3) is 5.56 Å². The molecule has 4 aromatic rings. The second-order valence-corrected chi connectivity index (χ2v) is 7.77. The van der Waals surface area contributed by atoms with Crippen molar-refractivity contribution in [1.29, 1.82) is 0 Å². The highest BCUT2D eigenvalue weighted by atomic mass is 16.1. The molecule has 0 amide bonds. The average Bonchev–Trinajstić information content (AvgIpc) is 3.21. The molecule has 4 aromatic heterocycles. The maximum Gasteiger partial charge on any atom is 0.251 e. The van der Waals surface area contributed by atoms with Crippen molar-refractivity contribution in [3.05, 3.63) is 52.1 Å². The molecule has 0 atom stereocenters. The van der Waals surface area contributed by atoms with Crippen LogP contribution in [-0.2, 0) is 13.0 Å². The van der Waals surface area contributed by atoms with Gasteiger partial charge in [-0.25, -0.2) is 0 Å². The van der Waals surface area contributed by atoms with E-state index in [1.807, 2.05) is 37.5 Å². The number of anilines is 2. The van der Waals surface area contributed by atoms with Crippen LogP contribution in [0.25, 0.3) is 16.7 Å². The number of hydrogen-bond donors (Lipinski definition) is 2. The van der Waals surface area contributed by atoms with Crippen LogP contribution in [0.15, 0.2) is 35.4 Å². The van der Waals surface area contributed by atoms with E-state index in [0.717, 1.165) is 66.2 Å². The van der Waals surface area contributed by atoms with Gasteiger partial charge in [-0.2, -0.15) is 9.61 Å². The summed E-state index contributed by atoms with van der Waals surface area (Å²) in [4.78, 5) is 24.4. The number of pyridine rings is 2. The summed E-state index contributed by atoms with van der Waals surface area (Å²) in [5, 5.41) is 15.7. The van der Waals surface area contributed by atoms with Crippen LogP contribution < -0.4 is 15.8 Å². The lowest BCUT2D eigenvalue weighted by atomic mass is 10.1. The smallest absolute Gasteiger partial charge is 0.251 e. The molecule has 0 spiro atoms. The number of aromatic amines is 1. The SMILES string of the molecule is CCc1cc2ncc(CN3CCN(c4cnn5c(NC)nnc5c4)CC3)cc2[nH]c1=O. The van der Waals surface area contributed by atoms with Crippen LogP contribution in [0.1, 0.15) is 18.1 Å². The molecule has 10 heteroatoms. The molecule has 5 heterocycles. The first kappa shape index (κ1) is 19.4. The summed E-state index contributed by atoms with van der Waals surface area (Å²) < 4.78 is 1.69. The first-order valence-electron chi connectivity index (χ1n) is 10.5. The lowest BCUT2D eigenvalue weighted by Gasteiger charge is -2.35. The number of fused-ring (bicyclic) bond motifs is 2. The molecule has 1 fully saturated rings. The Labute approximate surface area is 178 Å². The minimum Gasteiger partial charge on any atom is -0.368 e. The van der Waals surface area contributed by atoms with E-state index in [2.05, 4.69) is 40.4 Å². The van der Waals surface area contributed by atoms with E-state index >= 15 is 0 Å². The molecule has 0 unspecified atom stereocenters. The van der Waals surface area contributed by atoms with Gasteiger partial charge in [0, 0.05) is 57.6 Å². The van der Waals surface area contributed by atoms with Gasteiger partial charge in [-0.15, -0.1) is 10.2 Å². The highest BCUT2D eigenvalue weighted by Gasteiger charge is 2.19. The Kier molecular flexibility index (Phi) is 4.99. The van der Waals surface area contributed by atoms with Gasteiger partial charge in [-0.1, -0.05) is 6.92 Å². The number of hydrogen-bond acceptors (Lipinski definition) is 8. The molecular weight excluding hydrogens is 394 g/mol. The van der Waals surface area contributed by atoms with Gasteiger partial charge in [0.05, 0.1) is 22.9 Å². The normalized spacial score (nSPS) is 15.1. The Balaban J connectivity index is 1.26. The van der Waals surface area contributed by atoms with E-state index < -0.39 is 0 Å². The van der Waals surface area contributed by atoms with Crippen molar-refractivity contribution >= 4 is 28.3 Å². The second kappa shape index (κ2) is 7.95. The molecule has 1 aliphatic rings. The third-order valence-corrected chi connectivity index (χ3v) is 5.82. The van der Waals surface area contributed by atoms with E-state index in [1.54, 1.807) is 11.6 Å². The molecule has 1 saturated heterocycles. The summed E-state index contributed by atoms with van der Waals surface area (Å²) in [5.74, 6) is 0.627. The molecule has 0 radical (unpaired) electrons. The van der Waals surface area contributed by atoms with Gasteiger partial charge >= 0.3 is 0 Å². The Morgan fingerprint density at radius 2 is 1.94 bits per heavy atom. The molecule has 0 aromatic carbocycles. The second-order valence-electron chi connectivity index (χ2n) is 7.77. The lowest BCUT2D eigenvalue weighted by Crippen LogP contribution is -2.46. The molecule has 31 heavy (non-hydrogen) atoms. The van der Waals surface area contributed by atoms with Crippen LogP contribution in [0.4, 0.5) is 11.6 Å². The largest absolute Gasteiger partial charge is 0.368 e. The Bertz CT molecular complexity index is 1290. The molecule has 10 nitrogen and oxygen atoms in total. The fourth-order valence-corrected chi connectivity index (χ4v) is 4.05. The van der Waals surface area contributed by atoms with Gasteiger partial charge in [-0.3, -0.25) is 14.7 Å². The summed E-state index contributed by atoms with van der Waals surface area (Å²) in [6, 6.07) is 5.94. The topological polar surface area (TPSA) is 107 Å². The summed E-state index contributed by atoms with van der Waals surface area (Å²) in [7, 11) is 1.80. The number of nitrogens with one attached hydrogen (secondary N) is 2. The third-order valence-electron chi connectivity index (χ3n) is 5.82. The maximum absolute atomic E-state index is 12.1. The Morgan fingerprint density at radius 3 is 2.71 bits per heavy atom. The van der Waals surface area contributed by atoms with Gasteiger partial charge in [0.2, 0.25) is 5.95 Å². The van der Waals surface area contributed by atoms with E-state index in [-0.39, 0.29) is 5.56 Å². The number of nitrogens with zero attached hydrogens (tertiary/aromatic N) is 7.